The quantitative estimate of drug-likeness (QED) is 0.819. The largest absolute Gasteiger partial charge is 0.384 e. The fourth-order valence-electron chi connectivity index (χ4n) is 2.27. The number of benzene rings is 2. The molecule has 1 nitrogen and oxygen atoms in total. The van der Waals surface area contributed by atoms with Gasteiger partial charge in [-0.05, 0) is 11.1 Å². The zero-order chi connectivity index (χ0) is 11.5. The minimum atomic E-state index is 0.492. The van der Waals surface area contributed by atoms with Gasteiger partial charge in [0, 0.05) is 18.2 Å². The van der Waals surface area contributed by atoms with Gasteiger partial charge in [-0.3, -0.25) is 0 Å². The molecule has 0 spiro atoms. The van der Waals surface area contributed by atoms with Crippen LogP contribution in [0.4, 0.5) is 0 Å². The molecule has 1 atom stereocenters. The number of nitrogens with one attached hydrogen (secondary N) is 1. The Balaban J connectivity index is 1.87. The normalized spacial score (nSPS) is 18.6. The van der Waals surface area contributed by atoms with Crippen molar-refractivity contribution in [2.24, 2.45) is 0 Å². The lowest BCUT2D eigenvalue weighted by Crippen LogP contribution is -2.10. The minimum Gasteiger partial charge on any atom is -0.384 e. The van der Waals surface area contributed by atoms with Crippen LogP contribution in [-0.2, 0) is 0 Å². The van der Waals surface area contributed by atoms with Gasteiger partial charge in [0.15, 0.2) is 0 Å². The monoisotopic (exact) mass is 221 g/mol. The zero-order valence-corrected chi connectivity index (χ0v) is 9.64. The summed E-state index contributed by atoms with van der Waals surface area (Å²) in [5.41, 5.74) is 3.90. The Bertz CT molecular complexity index is 514. The molecule has 1 N–H and O–H groups in total. The number of rotatable bonds is 2. The van der Waals surface area contributed by atoms with E-state index in [1.807, 2.05) is 6.07 Å². The summed E-state index contributed by atoms with van der Waals surface area (Å²) in [7, 11) is 0. The maximum Gasteiger partial charge on any atom is 0.0380 e. The van der Waals surface area contributed by atoms with Gasteiger partial charge in [-0.15, -0.1) is 0 Å². The van der Waals surface area contributed by atoms with E-state index in [0.717, 1.165) is 6.54 Å². The average Bonchev–Trinajstić information content (AvgIpc) is 2.90. The van der Waals surface area contributed by atoms with Gasteiger partial charge in [-0.1, -0.05) is 66.7 Å². The second-order valence-electron chi connectivity index (χ2n) is 4.34. The summed E-state index contributed by atoms with van der Waals surface area (Å²) in [6, 6.07) is 21.1. The van der Waals surface area contributed by atoms with Crippen molar-refractivity contribution in [3.05, 3.63) is 77.9 Å². The topological polar surface area (TPSA) is 12.0 Å². The molecule has 1 aliphatic heterocycles. The molecule has 0 radical (unpaired) electrons. The average molecular weight is 221 g/mol. The Morgan fingerprint density at radius 1 is 0.824 bits per heavy atom. The van der Waals surface area contributed by atoms with E-state index in [2.05, 4.69) is 66.0 Å². The standard InChI is InChI=1S/C16H15N/c1-3-7-13(8-4-1)15-11-16(17-12-15)14-9-5-2-6-10-14/h1-11,15,17H,12H2. The van der Waals surface area contributed by atoms with E-state index in [9.17, 15) is 0 Å². The highest BCUT2D eigenvalue weighted by Crippen LogP contribution is 2.26. The van der Waals surface area contributed by atoms with Crippen molar-refractivity contribution < 1.29 is 0 Å². The fourth-order valence-corrected chi connectivity index (χ4v) is 2.27. The SMILES string of the molecule is C1=C(c2ccccc2)NCC1c1ccccc1. The molecule has 0 aromatic heterocycles. The van der Waals surface area contributed by atoms with Crippen molar-refractivity contribution in [1.82, 2.24) is 5.32 Å². The molecule has 2 aromatic rings. The molecule has 1 heterocycles. The second-order valence-corrected chi connectivity index (χ2v) is 4.34. The lowest BCUT2D eigenvalue weighted by molar-refractivity contribution is 0.819. The van der Waals surface area contributed by atoms with Crippen molar-refractivity contribution in [2.45, 2.75) is 5.92 Å². The van der Waals surface area contributed by atoms with Gasteiger partial charge in [0.25, 0.3) is 0 Å². The molecular weight excluding hydrogens is 206 g/mol. The van der Waals surface area contributed by atoms with E-state index in [1.165, 1.54) is 16.8 Å². The van der Waals surface area contributed by atoms with Crippen LogP contribution in [0.15, 0.2) is 66.7 Å². The van der Waals surface area contributed by atoms with E-state index in [0.29, 0.717) is 5.92 Å². The minimum absolute atomic E-state index is 0.492. The van der Waals surface area contributed by atoms with Crippen molar-refractivity contribution >= 4 is 5.70 Å². The molecule has 0 saturated heterocycles. The van der Waals surface area contributed by atoms with Crippen LogP contribution in [-0.4, -0.2) is 6.54 Å². The summed E-state index contributed by atoms with van der Waals surface area (Å²) >= 11 is 0. The summed E-state index contributed by atoms with van der Waals surface area (Å²) in [6.07, 6.45) is 2.32. The predicted molar refractivity (Wildman–Crippen MR) is 71.6 cm³/mol. The highest BCUT2D eigenvalue weighted by Gasteiger charge is 2.17. The van der Waals surface area contributed by atoms with Crippen LogP contribution in [0, 0.1) is 0 Å². The molecule has 0 saturated carbocycles. The van der Waals surface area contributed by atoms with Gasteiger partial charge in [0.2, 0.25) is 0 Å². The maximum atomic E-state index is 3.48. The van der Waals surface area contributed by atoms with E-state index < -0.39 is 0 Å². The molecular formula is C16H15N. The van der Waals surface area contributed by atoms with Crippen LogP contribution in [0.3, 0.4) is 0 Å². The molecule has 0 aliphatic carbocycles. The van der Waals surface area contributed by atoms with Gasteiger partial charge in [0.05, 0.1) is 0 Å². The summed E-state index contributed by atoms with van der Waals surface area (Å²) in [5.74, 6) is 0.492. The number of hydrogen-bond donors (Lipinski definition) is 1. The predicted octanol–water partition coefficient (Wildman–Crippen LogP) is 3.41. The molecule has 0 amide bonds. The van der Waals surface area contributed by atoms with Crippen molar-refractivity contribution in [3.8, 4) is 0 Å². The van der Waals surface area contributed by atoms with Gasteiger partial charge in [-0.25, -0.2) is 0 Å². The first-order valence-corrected chi connectivity index (χ1v) is 5.99. The Kier molecular flexibility index (Phi) is 2.66. The number of hydrogen-bond acceptors (Lipinski definition) is 1. The molecule has 84 valence electrons. The van der Waals surface area contributed by atoms with E-state index in [-0.39, 0.29) is 0 Å². The van der Waals surface area contributed by atoms with Crippen LogP contribution in [0.1, 0.15) is 17.0 Å². The third-order valence-electron chi connectivity index (χ3n) is 3.19. The highest BCUT2D eigenvalue weighted by molar-refractivity contribution is 5.67. The maximum absolute atomic E-state index is 3.48. The van der Waals surface area contributed by atoms with Crippen LogP contribution in [0.25, 0.3) is 5.70 Å². The summed E-state index contributed by atoms with van der Waals surface area (Å²) in [6.45, 7) is 0.994. The summed E-state index contributed by atoms with van der Waals surface area (Å²) in [4.78, 5) is 0. The van der Waals surface area contributed by atoms with Gasteiger partial charge in [-0.2, -0.15) is 0 Å². The first-order valence-electron chi connectivity index (χ1n) is 5.99. The van der Waals surface area contributed by atoms with Crippen molar-refractivity contribution in [3.63, 3.8) is 0 Å². The molecule has 1 unspecified atom stereocenters. The zero-order valence-electron chi connectivity index (χ0n) is 9.64. The van der Waals surface area contributed by atoms with Crippen LogP contribution in [0.2, 0.25) is 0 Å². The Hall–Kier alpha value is -2.02. The lowest BCUT2D eigenvalue weighted by atomic mass is 10.00. The molecule has 0 fully saturated rings. The Morgan fingerprint density at radius 3 is 2.18 bits per heavy atom. The summed E-state index contributed by atoms with van der Waals surface area (Å²) in [5, 5.41) is 3.48. The third-order valence-corrected chi connectivity index (χ3v) is 3.19. The molecule has 3 rings (SSSR count). The molecule has 2 aromatic carbocycles. The van der Waals surface area contributed by atoms with E-state index in [4.69, 9.17) is 0 Å². The first-order chi connectivity index (χ1) is 8.43. The fraction of sp³-hybridized carbons (Fsp3) is 0.125. The third kappa shape index (κ3) is 2.09. The molecule has 17 heavy (non-hydrogen) atoms. The molecule has 1 aliphatic rings. The molecule has 0 bridgehead atoms. The second kappa shape index (κ2) is 4.46. The summed E-state index contributed by atoms with van der Waals surface area (Å²) < 4.78 is 0. The van der Waals surface area contributed by atoms with Crippen LogP contribution < -0.4 is 5.32 Å². The smallest absolute Gasteiger partial charge is 0.0380 e. The van der Waals surface area contributed by atoms with E-state index in [1.54, 1.807) is 0 Å². The lowest BCUT2D eigenvalue weighted by Gasteiger charge is -2.06. The van der Waals surface area contributed by atoms with Crippen molar-refractivity contribution in [2.75, 3.05) is 6.54 Å². The highest BCUT2D eigenvalue weighted by atomic mass is 14.9. The van der Waals surface area contributed by atoms with E-state index >= 15 is 0 Å². The Morgan fingerprint density at radius 2 is 1.47 bits per heavy atom. The molecule has 1 heteroatoms. The van der Waals surface area contributed by atoms with Crippen molar-refractivity contribution in [1.29, 1.82) is 0 Å². The van der Waals surface area contributed by atoms with Gasteiger partial charge in [0.1, 0.15) is 0 Å². The van der Waals surface area contributed by atoms with Gasteiger partial charge >= 0.3 is 0 Å². The van der Waals surface area contributed by atoms with Crippen LogP contribution in [0.5, 0.6) is 0 Å². The Labute approximate surface area is 102 Å². The van der Waals surface area contributed by atoms with Gasteiger partial charge < -0.3 is 5.32 Å². The first kappa shape index (κ1) is 10.2. The van der Waals surface area contributed by atoms with Crippen LogP contribution >= 0.6 is 0 Å².